The third-order valence-corrected chi connectivity index (χ3v) is 2.56. The number of hydrogen-bond acceptors (Lipinski definition) is 4. The van der Waals surface area contributed by atoms with Crippen LogP contribution in [0.2, 0.25) is 0 Å². The van der Waals surface area contributed by atoms with Gasteiger partial charge in [-0.15, -0.1) is 0 Å². The summed E-state index contributed by atoms with van der Waals surface area (Å²) >= 11 is 0. The van der Waals surface area contributed by atoms with Crippen LogP contribution in [0.3, 0.4) is 0 Å². The van der Waals surface area contributed by atoms with Crippen LogP contribution in [0, 0.1) is 0 Å². The lowest BCUT2D eigenvalue weighted by atomic mass is 10.0. The van der Waals surface area contributed by atoms with Crippen molar-refractivity contribution in [2.75, 3.05) is 26.9 Å². The Bertz CT molecular complexity index is 193. The van der Waals surface area contributed by atoms with Gasteiger partial charge in [0.2, 0.25) is 5.91 Å². The summed E-state index contributed by atoms with van der Waals surface area (Å²) in [5.74, 6) is -0.0363. The van der Waals surface area contributed by atoms with E-state index in [4.69, 9.17) is 9.84 Å². The molecule has 1 saturated heterocycles. The van der Waals surface area contributed by atoms with E-state index in [2.05, 4.69) is 10.6 Å². The molecule has 1 heterocycles. The molecular weight excluding hydrogens is 196 g/mol. The predicted molar refractivity (Wildman–Crippen MR) is 56.5 cm³/mol. The van der Waals surface area contributed by atoms with E-state index >= 15 is 0 Å². The second-order valence-electron chi connectivity index (χ2n) is 3.85. The largest absolute Gasteiger partial charge is 0.394 e. The maximum atomic E-state index is 11.7. The number of carbonyl (C=O) groups excluding carboxylic acids is 1. The molecule has 2 atom stereocenters. The third kappa shape index (κ3) is 4.15. The number of aliphatic hydroxyl groups excluding tert-OH is 1. The van der Waals surface area contributed by atoms with Gasteiger partial charge in [-0.3, -0.25) is 4.79 Å². The van der Waals surface area contributed by atoms with Gasteiger partial charge < -0.3 is 20.5 Å². The van der Waals surface area contributed by atoms with E-state index in [-0.39, 0.29) is 24.6 Å². The van der Waals surface area contributed by atoms with Crippen molar-refractivity contribution in [3.8, 4) is 0 Å². The fourth-order valence-electron chi connectivity index (χ4n) is 1.72. The molecule has 0 radical (unpaired) electrons. The van der Waals surface area contributed by atoms with Gasteiger partial charge in [0.1, 0.15) is 0 Å². The Morgan fingerprint density at radius 2 is 2.47 bits per heavy atom. The monoisotopic (exact) mass is 216 g/mol. The Hall–Kier alpha value is -0.650. The molecule has 0 spiro atoms. The summed E-state index contributed by atoms with van der Waals surface area (Å²) in [7, 11) is 1.55. The Balaban J connectivity index is 2.31. The van der Waals surface area contributed by atoms with Gasteiger partial charge in [-0.2, -0.15) is 0 Å². The van der Waals surface area contributed by atoms with E-state index in [1.807, 2.05) is 0 Å². The van der Waals surface area contributed by atoms with Crippen molar-refractivity contribution in [3.63, 3.8) is 0 Å². The number of methoxy groups -OCH3 is 1. The lowest BCUT2D eigenvalue weighted by Crippen LogP contribution is -2.51. The molecule has 1 rings (SSSR count). The second kappa shape index (κ2) is 6.76. The molecule has 1 aliphatic heterocycles. The smallest absolute Gasteiger partial charge is 0.237 e. The Kier molecular flexibility index (Phi) is 5.60. The van der Waals surface area contributed by atoms with Gasteiger partial charge in [0, 0.05) is 7.11 Å². The normalized spacial score (nSPS) is 23.5. The first-order valence-electron chi connectivity index (χ1n) is 5.41. The summed E-state index contributed by atoms with van der Waals surface area (Å²) < 4.78 is 4.89. The van der Waals surface area contributed by atoms with E-state index < -0.39 is 0 Å². The Morgan fingerprint density at radius 3 is 3.00 bits per heavy atom. The van der Waals surface area contributed by atoms with Crippen LogP contribution in [0.1, 0.15) is 19.3 Å². The molecule has 0 aromatic rings. The molecule has 0 aromatic carbocycles. The molecule has 1 aliphatic rings. The standard InChI is InChI=1S/C10H20N2O3/c1-15-7-8(6-13)12-10(14)9-4-2-3-5-11-9/h8-9,11,13H,2-7H2,1H3,(H,12,14). The lowest BCUT2D eigenvalue weighted by molar-refractivity contribution is -0.125. The number of hydrogen-bond donors (Lipinski definition) is 3. The van der Waals surface area contributed by atoms with E-state index in [9.17, 15) is 4.79 Å². The quantitative estimate of drug-likeness (QED) is 0.565. The van der Waals surface area contributed by atoms with E-state index in [0.717, 1.165) is 25.8 Å². The highest BCUT2D eigenvalue weighted by Gasteiger charge is 2.22. The number of carbonyl (C=O) groups is 1. The molecule has 2 unspecified atom stereocenters. The highest BCUT2D eigenvalue weighted by molar-refractivity contribution is 5.82. The number of piperidine rings is 1. The predicted octanol–water partition coefficient (Wildman–Crippen LogP) is -0.748. The highest BCUT2D eigenvalue weighted by Crippen LogP contribution is 2.06. The maximum absolute atomic E-state index is 11.7. The van der Waals surface area contributed by atoms with Crippen LogP contribution in [-0.2, 0) is 9.53 Å². The summed E-state index contributed by atoms with van der Waals surface area (Å²) in [5, 5.41) is 14.9. The second-order valence-corrected chi connectivity index (χ2v) is 3.85. The van der Waals surface area contributed by atoms with Crippen molar-refractivity contribution in [2.45, 2.75) is 31.3 Å². The zero-order valence-corrected chi connectivity index (χ0v) is 9.16. The van der Waals surface area contributed by atoms with Gasteiger partial charge in [-0.25, -0.2) is 0 Å². The molecule has 88 valence electrons. The van der Waals surface area contributed by atoms with Gasteiger partial charge in [-0.1, -0.05) is 6.42 Å². The SMILES string of the molecule is COCC(CO)NC(=O)C1CCCCN1. The fraction of sp³-hybridized carbons (Fsp3) is 0.900. The first-order valence-corrected chi connectivity index (χ1v) is 5.41. The molecule has 5 nitrogen and oxygen atoms in total. The maximum Gasteiger partial charge on any atom is 0.237 e. The molecule has 1 fully saturated rings. The zero-order chi connectivity index (χ0) is 11.1. The lowest BCUT2D eigenvalue weighted by Gasteiger charge is -2.24. The molecule has 15 heavy (non-hydrogen) atoms. The minimum absolute atomic E-state index is 0.0363. The zero-order valence-electron chi connectivity index (χ0n) is 9.16. The summed E-state index contributed by atoms with van der Waals surface area (Å²) in [6.45, 7) is 1.15. The average Bonchev–Trinajstić information content (AvgIpc) is 2.29. The van der Waals surface area contributed by atoms with E-state index in [0.29, 0.717) is 6.61 Å². The molecule has 0 saturated carbocycles. The number of nitrogens with one attached hydrogen (secondary N) is 2. The number of aliphatic hydroxyl groups is 1. The van der Waals surface area contributed by atoms with Crippen LogP contribution in [-0.4, -0.2) is 50.0 Å². The summed E-state index contributed by atoms with van der Waals surface area (Å²) in [6, 6.07) is -0.407. The van der Waals surface area contributed by atoms with Crippen molar-refractivity contribution in [3.05, 3.63) is 0 Å². The van der Waals surface area contributed by atoms with Gasteiger partial charge in [0.25, 0.3) is 0 Å². The van der Waals surface area contributed by atoms with Crippen LogP contribution in [0.15, 0.2) is 0 Å². The van der Waals surface area contributed by atoms with E-state index in [1.165, 1.54) is 0 Å². The van der Waals surface area contributed by atoms with Crippen molar-refractivity contribution in [2.24, 2.45) is 0 Å². The number of ether oxygens (including phenoxy) is 1. The summed E-state index contributed by atoms with van der Waals surface area (Å²) in [5.41, 5.74) is 0. The minimum Gasteiger partial charge on any atom is -0.394 e. The number of rotatable bonds is 5. The number of amides is 1. The summed E-state index contributed by atoms with van der Waals surface area (Å²) in [4.78, 5) is 11.7. The first kappa shape index (κ1) is 12.4. The summed E-state index contributed by atoms with van der Waals surface area (Å²) in [6.07, 6.45) is 3.08. The Labute approximate surface area is 90.2 Å². The van der Waals surface area contributed by atoms with Crippen LogP contribution in [0.5, 0.6) is 0 Å². The Morgan fingerprint density at radius 1 is 1.67 bits per heavy atom. The highest BCUT2D eigenvalue weighted by atomic mass is 16.5. The van der Waals surface area contributed by atoms with Crippen molar-refractivity contribution < 1.29 is 14.6 Å². The molecular formula is C10H20N2O3. The molecule has 3 N–H and O–H groups in total. The van der Waals surface area contributed by atoms with Gasteiger partial charge in [-0.05, 0) is 19.4 Å². The molecule has 0 aliphatic carbocycles. The van der Waals surface area contributed by atoms with Crippen LogP contribution < -0.4 is 10.6 Å². The van der Waals surface area contributed by atoms with Crippen LogP contribution in [0.4, 0.5) is 0 Å². The van der Waals surface area contributed by atoms with Crippen LogP contribution >= 0.6 is 0 Å². The van der Waals surface area contributed by atoms with Crippen molar-refractivity contribution in [1.29, 1.82) is 0 Å². The first-order chi connectivity index (χ1) is 7.27. The van der Waals surface area contributed by atoms with Gasteiger partial charge in [0.15, 0.2) is 0 Å². The van der Waals surface area contributed by atoms with Gasteiger partial charge in [0.05, 0.1) is 25.3 Å². The van der Waals surface area contributed by atoms with E-state index in [1.54, 1.807) is 7.11 Å². The van der Waals surface area contributed by atoms with Crippen LogP contribution in [0.25, 0.3) is 0 Å². The average molecular weight is 216 g/mol. The van der Waals surface area contributed by atoms with Gasteiger partial charge >= 0.3 is 0 Å². The molecule has 0 aromatic heterocycles. The topological polar surface area (TPSA) is 70.6 Å². The molecule has 1 amide bonds. The van der Waals surface area contributed by atoms with Crippen molar-refractivity contribution >= 4 is 5.91 Å². The third-order valence-electron chi connectivity index (χ3n) is 2.56. The fourth-order valence-corrected chi connectivity index (χ4v) is 1.72. The van der Waals surface area contributed by atoms with Crippen molar-refractivity contribution in [1.82, 2.24) is 10.6 Å². The molecule has 0 bridgehead atoms. The minimum atomic E-state index is -0.300. The molecule has 5 heteroatoms.